The molecule has 0 spiro atoms. The Morgan fingerprint density at radius 3 is 2.32 bits per heavy atom. The maximum atomic E-state index is 12.5. The number of para-hydroxylation sites is 2. The largest absolute Gasteiger partial charge is 0.322 e. The van der Waals surface area contributed by atoms with Gasteiger partial charge in [-0.05, 0) is 57.9 Å². The van der Waals surface area contributed by atoms with Crippen molar-refractivity contribution >= 4 is 43.2 Å². The van der Waals surface area contributed by atoms with E-state index in [-0.39, 0.29) is 12.5 Å². The van der Waals surface area contributed by atoms with E-state index in [1.165, 1.54) is 10.6 Å². The van der Waals surface area contributed by atoms with E-state index in [0.29, 0.717) is 27.0 Å². The van der Waals surface area contributed by atoms with Crippen molar-refractivity contribution in [3.05, 3.63) is 94.5 Å². The van der Waals surface area contributed by atoms with Gasteiger partial charge in [-0.15, -0.1) is 0 Å². The van der Waals surface area contributed by atoms with Crippen LogP contribution in [0, 0.1) is 0 Å². The highest BCUT2D eigenvalue weighted by molar-refractivity contribution is 9.10. The summed E-state index contributed by atoms with van der Waals surface area (Å²) in [6, 6.07) is 23.2. The molecule has 3 aromatic carbocycles. The van der Waals surface area contributed by atoms with Crippen LogP contribution in [0.15, 0.2) is 83.3 Å². The molecule has 0 aliphatic heterocycles. The topological polar surface area (TPSA) is 66.5 Å². The maximum absolute atomic E-state index is 12.5. The lowest BCUT2D eigenvalue weighted by Crippen LogP contribution is -2.29. The van der Waals surface area contributed by atoms with E-state index in [1.807, 2.05) is 24.3 Å². The Labute approximate surface area is 173 Å². The van der Waals surface area contributed by atoms with E-state index in [0.717, 1.165) is 0 Å². The van der Waals surface area contributed by atoms with E-state index in [9.17, 15) is 13.2 Å². The number of halogens is 1. The molecule has 3 aromatic rings. The minimum absolute atomic E-state index is 0.119. The summed E-state index contributed by atoms with van der Waals surface area (Å²) < 4.78 is 26.7. The van der Waals surface area contributed by atoms with Gasteiger partial charge in [0.2, 0.25) is 10.0 Å². The molecule has 0 bridgehead atoms. The number of benzene rings is 3. The fraction of sp³-hybridized carbons (Fsp3) is 0.0952. The number of nitrogens with zero attached hydrogens (tertiary/aromatic N) is 1. The van der Waals surface area contributed by atoms with Crippen LogP contribution in [-0.2, 0) is 16.6 Å². The molecule has 3 rings (SSSR count). The SMILES string of the molecule is CS(=O)(=O)N(Cc1cccc(C(=O)Nc2ccccc2)c1)c1ccccc1Br. The molecule has 1 N–H and O–H groups in total. The molecule has 0 radical (unpaired) electrons. The summed E-state index contributed by atoms with van der Waals surface area (Å²) in [7, 11) is -3.52. The van der Waals surface area contributed by atoms with E-state index in [1.54, 1.807) is 54.6 Å². The van der Waals surface area contributed by atoms with Crippen LogP contribution in [-0.4, -0.2) is 20.6 Å². The van der Waals surface area contributed by atoms with E-state index in [2.05, 4.69) is 21.2 Å². The predicted octanol–water partition coefficient (Wildman–Crippen LogP) is 4.67. The molecule has 0 saturated heterocycles. The number of sulfonamides is 1. The van der Waals surface area contributed by atoms with Gasteiger partial charge in [-0.1, -0.05) is 42.5 Å². The minimum Gasteiger partial charge on any atom is -0.322 e. The van der Waals surface area contributed by atoms with Gasteiger partial charge in [0, 0.05) is 15.7 Å². The Kier molecular flexibility index (Phi) is 6.16. The average molecular weight is 459 g/mol. The summed E-state index contributed by atoms with van der Waals surface area (Å²) in [4.78, 5) is 12.5. The summed E-state index contributed by atoms with van der Waals surface area (Å²) in [6.45, 7) is 0.119. The molecule has 0 unspecified atom stereocenters. The van der Waals surface area contributed by atoms with Crippen molar-refractivity contribution in [1.82, 2.24) is 0 Å². The van der Waals surface area contributed by atoms with Gasteiger partial charge in [0.15, 0.2) is 0 Å². The van der Waals surface area contributed by atoms with Crippen molar-refractivity contribution in [3.8, 4) is 0 Å². The maximum Gasteiger partial charge on any atom is 0.255 e. The molecule has 7 heteroatoms. The zero-order chi connectivity index (χ0) is 20.1. The van der Waals surface area contributed by atoms with Crippen LogP contribution in [0.2, 0.25) is 0 Å². The van der Waals surface area contributed by atoms with Crippen LogP contribution < -0.4 is 9.62 Å². The van der Waals surface area contributed by atoms with Crippen LogP contribution >= 0.6 is 15.9 Å². The monoisotopic (exact) mass is 458 g/mol. The second-order valence-electron chi connectivity index (χ2n) is 6.24. The normalized spacial score (nSPS) is 11.1. The van der Waals surface area contributed by atoms with Crippen LogP contribution in [0.4, 0.5) is 11.4 Å². The zero-order valence-electron chi connectivity index (χ0n) is 15.2. The third-order valence-electron chi connectivity index (χ3n) is 4.07. The summed E-state index contributed by atoms with van der Waals surface area (Å²) in [6.07, 6.45) is 1.17. The number of hydrogen-bond donors (Lipinski definition) is 1. The number of anilines is 2. The molecule has 0 aliphatic rings. The second kappa shape index (κ2) is 8.58. The van der Waals surface area contributed by atoms with Gasteiger partial charge >= 0.3 is 0 Å². The van der Waals surface area contributed by atoms with Gasteiger partial charge < -0.3 is 5.32 Å². The van der Waals surface area contributed by atoms with Crippen molar-refractivity contribution in [3.63, 3.8) is 0 Å². The van der Waals surface area contributed by atoms with Gasteiger partial charge in [0.1, 0.15) is 0 Å². The van der Waals surface area contributed by atoms with Crippen LogP contribution in [0.25, 0.3) is 0 Å². The van der Waals surface area contributed by atoms with E-state index in [4.69, 9.17) is 0 Å². The van der Waals surface area contributed by atoms with Gasteiger partial charge in [-0.2, -0.15) is 0 Å². The van der Waals surface area contributed by atoms with Gasteiger partial charge in [-0.25, -0.2) is 8.42 Å². The Bertz CT molecular complexity index is 1090. The lowest BCUT2D eigenvalue weighted by atomic mass is 10.1. The summed E-state index contributed by atoms with van der Waals surface area (Å²) in [5, 5.41) is 2.83. The number of nitrogens with one attached hydrogen (secondary N) is 1. The highest BCUT2D eigenvalue weighted by atomic mass is 79.9. The van der Waals surface area contributed by atoms with Crippen molar-refractivity contribution in [2.75, 3.05) is 15.9 Å². The third kappa shape index (κ3) is 4.99. The Balaban J connectivity index is 1.86. The van der Waals surface area contributed by atoms with Gasteiger partial charge in [0.05, 0.1) is 18.5 Å². The second-order valence-corrected chi connectivity index (χ2v) is 9.00. The zero-order valence-corrected chi connectivity index (χ0v) is 17.6. The van der Waals surface area contributed by atoms with Crippen LogP contribution in [0.1, 0.15) is 15.9 Å². The first-order valence-electron chi connectivity index (χ1n) is 8.52. The van der Waals surface area contributed by atoms with Gasteiger partial charge in [-0.3, -0.25) is 9.10 Å². The highest BCUT2D eigenvalue weighted by Gasteiger charge is 2.20. The molecule has 0 fully saturated rings. The smallest absolute Gasteiger partial charge is 0.255 e. The van der Waals surface area contributed by atoms with Crippen LogP contribution in [0.5, 0.6) is 0 Å². The van der Waals surface area contributed by atoms with Crippen molar-refractivity contribution in [1.29, 1.82) is 0 Å². The van der Waals surface area contributed by atoms with Crippen molar-refractivity contribution < 1.29 is 13.2 Å². The first-order chi connectivity index (χ1) is 13.3. The predicted molar refractivity (Wildman–Crippen MR) is 116 cm³/mol. The van der Waals surface area contributed by atoms with E-state index < -0.39 is 10.0 Å². The molecular formula is C21H19BrN2O3S. The average Bonchev–Trinajstić information content (AvgIpc) is 2.67. The molecule has 0 heterocycles. The minimum atomic E-state index is -3.52. The Hall–Kier alpha value is -2.64. The number of carbonyl (C=O) groups is 1. The number of carbonyl (C=O) groups excluding carboxylic acids is 1. The molecule has 144 valence electrons. The van der Waals surface area contributed by atoms with Gasteiger partial charge in [0.25, 0.3) is 5.91 Å². The quantitative estimate of drug-likeness (QED) is 0.583. The molecule has 28 heavy (non-hydrogen) atoms. The molecule has 1 amide bonds. The van der Waals surface area contributed by atoms with Crippen LogP contribution in [0.3, 0.4) is 0 Å². The number of amides is 1. The molecule has 5 nitrogen and oxygen atoms in total. The fourth-order valence-electron chi connectivity index (χ4n) is 2.74. The molecular weight excluding hydrogens is 440 g/mol. The van der Waals surface area contributed by atoms with Crippen molar-refractivity contribution in [2.24, 2.45) is 0 Å². The Morgan fingerprint density at radius 1 is 0.964 bits per heavy atom. The highest BCUT2D eigenvalue weighted by Crippen LogP contribution is 2.29. The molecule has 0 aliphatic carbocycles. The lowest BCUT2D eigenvalue weighted by molar-refractivity contribution is 0.102. The van der Waals surface area contributed by atoms with Crippen molar-refractivity contribution in [2.45, 2.75) is 6.54 Å². The fourth-order valence-corrected chi connectivity index (χ4v) is 4.25. The Morgan fingerprint density at radius 2 is 1.64 bits per heavy atom. The lowest BCUT2D eigenvalue weighted by Gasteiger charge is -2.24. The molecule has 0 atom stereocenters. The summed E-state index contributed by atoms with van der Waals surface area (Å²) >= 11 is 3.41. The standard InChI is InChI=1S/C21H19BrN2O3S/c1-28(26,27)24(20-13-6-5-12-19(20)22)15-16-8-7-9-17(14-16)21(25)23-18-10-3-2-4-11-18/h2-14H,15H2,1H3,(H,23,25). The molecule has 0 saturated carbocycles. The summed E-state index contributed by atoms with van der Waals surface area (Å²) in [5.41, 5.74) is 2.41. The number of rotatable bonds is 6. The first kappa shape index (κ1) is 20.1. The first-order valence-corrected chi connectivity index (χ1v) is 11.2. The number of hydrogen-bond acceptors (Lipinski definition) is 3. The third-order valence-corrected chi connectivity index (χ3v) is 5.87. The molecule has 0 aromatic heterocycles. The van der Waals surface area contributed by atoms with E-state index >= 15 is 0 Å². The summed E-state index contributed by atoms with van der Waals surface area (Å²) in [5.74, 6) is -0.250.